The summed E-state index contributed by atoms with van der Waals surface area (Å²) in [5.74, 6) is 0. The van der Waals surface area contributed by atoms with Crippen molar-refractivity contribution in [1.82, 2.24) is 10.3 Å². The molecule has 0 saturated carbocycles. The standard InChI is InChI=1S/C16H18N2O4/c19-14(15(20)13-6-8-17-9-7-13)10-18-16(21)22-11-12-4-2-1-3-5-12/h1-9,14-15,19-20H,10-11H2,(H,18,21). The van der Waals surface area contributed by atoms with Crippen molar-refractivity contribution in [1.29, 1.82) is 0 Å². The van der Waals surface area contributed by atoms with E-state index in [-0.39, 0.29) is 13.2 Å². The van der Waals surface area contributed by atoms with Crippen LogP contribution in [0.25, 0.3) is 0 Å². The third-order valence-electron chi connectivity index (χ3n) is 3.08. The lowest BCUT2D eigenvalue weighted by molar-refractivity contribution is 0.0183. The molecule has 22 heavy (non-hydrogen) atoms. The summed E-state index contributed by atoms with van der Waals surface area (Å²) in [4.78, 5) is 15.4. The molecule has 1 amide bonds. The molecule has 0 aliphatic heterocycles. The summed E-state index contributed by atoms with van der Waals surface area (Å²) < 4.78 is 5.01. The zero-order valence-electron chi connectivity index (χ0n) is 11.9. The molecular weight excluding hydrogens is 284 g/mol. The van der Waals surface area contributed by atoms with Gasteiger partial charge in [0.25, 0.3) is 0 Å². The second kappa shape index (κ2) is 8.11. The van der Waals surface area contributed by atoms with Gasteiger partial charge in [-0.15, -0.1) is 0 Å². The smallest absolute Gasteiger partial charge is 0.407 e. The highest BCUT2D eigenvalue weighted by Crippen LogP contribution is 2.15. The number of aromatic nitrogens is 1. The Kier molecular flexibility index (Phi) is 5.88. The Morgan fingerprint density at radius 2 is 1.82 bits per heavy atom. The van der Waals surface area contributed by atoms with Gasteiger partial charge < -0.3 is 20.3 Å². The van der Waals surface area contributed by atoms with Crippen LogP contribution in [0.2, 0.25) is 0 Å². The van der Waals surface area contributed by atoms with Crippen molar-refractivity contribution in [3.05, 3.63) is 66.0 Å². The Bertz CT molecular complexity index is 577. The average molecular weight is 302 g/mol. The second-order valence-electron chi connectivity index (χ2n) is 4.74. The highest BCUT2D eigenvalue weighted by molar-refractivity contribution is 5.67. The lowest BCUT2D eigenvalue weighted by atomic mass is 10.1. The molecule has 0 aliphatic rings. The Morgan fingerprint density at radius 1 is 1.14 bits per heavy atom. The van der Waals surface area contributed by atoms with E-state index in [1.54, 1.807) is 12.1 Å². The van der Waals surface area contributed by atoms with E-state index in [4.69, 9.17) is 4.74 Å². The maximum absolute atomic E-state index is 11.5. The molecule has 1 aromatic carbocycles. The van der Waals surface area contributed by atoms with Crippen LogP contribution in [-0.4, -0.2) is 33.9 Å². The molecule has 0 radical (unpaired) electrons. The van der Waals surface area contributed by atoms with E-state index < -0.39 is 18.3 Å². The number of carbonyl (C=O) groups is 1. The Morgan fingerprint density at radius 3 is 2.50 bits per heavy atom. The van der Waals surface area contributed by atoms with E-state index in [0.29, 0.717) is 5.56 Å². The molecule has 2 rings (SSSR count). The topological polar surface area (TPSA) is 91.7 Å². The van der Waals surface area contributed by atoms with Gasteiger partial charge in [-0.1, -0.05) is 30.3 Å². The summed E-state index contributed by atoms with van der Waals surface area (Å²) in [7, 11) is 0. The first-order valence-corrected chi connectivity index (χ1v) is 6.87. The number of benzene rings is 1. The normalized spacial score (nSPS) is 13.2. The lowest BCUT2D eigenvalue weighted by Crippen LogP contribution is -2.35. The molecule has 6 nitrogen and oxygen atoms in total. The van der Waals surface area contributed by atoms with E-state index in [2.05, 4.69) is 10.3 Å². The summed E-state index contributed by atoms with van der Waals surface area (Å²) in [5.41, 5.74) is 1.40. The summed E-state index contributed by atoms with van der Waals surface area (Å²) in [6.45, 7) is 0.0345. The van der Waals surface area contributed by atoms with Crippen LogP contribution in [0.1, 0.15) is 17.2 Å². The van der Waals surface area contributed by atoms with Crippen LogP contribution in [0, 0.1) is 0 Å². The maximum atomic E-state index is 11.5. The molecule has 2 unspecified atom stereocenters. The molecule has 1 heterocycles. The highest BCUT2D eigenvalue weighted by Gasteiger charge is 2.19. The molecule has 116 valence electrons. The van der Waals surface area contributed by atoms with Gasteiger partial charge in [-0.25, -0.2) is 4.79 Å². The molecule has 3 N–H and O–H groups in total. The molecule has 0 aliphatic carbocycles. The molecule has 0 bridgehead atoms. The number of aliphatic hydroxyl groups excluding tert-OH is 2. The minimum absolute atomic E-state index is 0.114. The first-order chi connectivity index (χ1) is 10.7. The number of ether oxygens (including phenoxy) is 1. The van der Waals surface area contributed by atoms with E-state index in [1.165, 1.54) is 12.4 Å². The van der Waals surface area contributed by atoms with E-state index in [1.807, 2.05) is 30.3 Å². The second-order valence-corrected chi connectivity index (χ2v) is 4.74. The Hall–Kier alpha value is -2.44. The van der Waals surface area contributed by atoms with Crippen LogP contribution >= 0.6 is 0 Å². The minimum atomic E-state index is -1.13. The summed E-state index contributed by atoms with van der Waals surface area (Å²) >= 11 is 0. The summed E-state index contributed by atoms with van der Waals surface area (Å²) in [6, 6.07) is 12.5. The minimum Gasteiger partial charge on any atom is -0.445 e. The molecule has 0 spiro atoms. The van der Waals surface area contributed by atoms with E-state index >= 15 is 0 Å². The fourth-order valence-electron chi connectivity index (χ4n) is 1.86. The van der Waals surface area contributed by atoms with Gasteiger partial charge in [0.2, 0.25) is 0 Å². The molecule has 0 fully saturated rings. The highest BCUT2D eigenvalue weighted by atomic mass is 16.5. The Labute approximate surface area is 128 Å². The van der Waals surface area contributed by atoms with Gasteiger partial charge in [0.15, 0.2) is 0 Å². The third kappa shape index (κ3) is 4.83. The zero-order valence-corrected chi connectivity index (χ0v) is 11.9. The van der Waals surface area contributed by atoms with Crippen LogP contribution in [0.3, 0.4) is 0 Å². The summed E-state index contributed by atoms with van der Waals surface area (Å²) in [5, 5.41) is 22.2. The predicted octanol–water partition coefficient (Wildman–Crippen LogP) is 1.40. The monoisotopic (exact) mass is 302 g/mol. The number of rotatable bonds is 6. The van der Waals surface area contributed by atoms with Crippen molar-refractivity contribution in [2.24, 2.45) is 0 Å². The number of nitrogens with zero attached hydrogens (tertiary/aromatic N) is 1. The molecule has 0 saturated heterocycles. The van der Waals surface area contributed by atoms with E-state index in [9.17, 15) is 15.0 Å². The van der Waals surface area contributed by atoms with Gasteiger partial charge in [-0.05, 0) is 23.3 Å². The number of aliphatic hydroxyl groups is 2. The fraction of sp³-hybridized carbons (Fsp3) is 0.250. The van der Waals surface area contributed by atoms with Gasteiger partial charge in [0.05, 0.1) is 0 Å². The largest absolute Gasteiger partial charge is 0.445 e. The quantitative estimate of drug-likeness (QED) is 0.750. The van der Waals surface area contributed by atoms with Gasteiger partial charge >= 0.3 is 6.09 Å². The molecule has 2 aromatic rings. The zero-order chi connectivity index (χ0) is 15.8. The number of pyridine rings is 1. The van der Waals surface area contributed by atoms with Crippen molar-refractivity contribution in [3.63, 3.8) is 0 Å². The van der Waals surface area contributed by atoms with Gasteiger partial charge in [-0.2, -0.15) is 0 Å². The molecule has 6 heteroatoms. The first-order valence-electron chi connectivity index (χ1n) is 6.87. The van der Waals surface area contributed by atoms with Gasteiger partial charge in [0.1, 0.15) is 18.8 Å². The fourth-order valence-corrected chi connectivity index (χ4v) is 1.86. The van der Waals surface area contributed by atoms with E-state index in [0.717, 1.165) is 5.56 Å². The van der Waals surface area contributed by atoms with Crippen molar-refractivity contribution < 1.29 is 19.7 Å². The number of carbonyl (C=O) groups excluding carboxylic acids is 1. The lowest BCUT2D eigenvalue weighted by Gasteiger charge is -2.18. The van der Waals surface area contributed by atoms with Crippen molar-refractivity contribution in [2.45, 2.75) is 18.8 Å². The molecular formula is C16H18N2O4. The maximum Gasteiger partial charge on any atom is 0.407 e. The number of hydrogen-bond acceptors (Lipinski definition) is 5. The van der Waals surface area contributed by atoms with Crippen LogP contribution < -0.4 is 5.32 Å². The Balaban J connectivity index is 1.74. The van der Waals surface area contributed by atoms with Crippen LogP contribution in [0.5, 0.6) is 0 Å². The van der Waals surface area contributed by atoms with Crippen LogP contribution in [0.4, 0.5) is 4.79 Å². The van der Waals surface area contributed by atoms with Gasteiger partial charge in [-0.3, -0.25) is 4.98 Å². The number of hydrogen-bond donors (Lipinski definition) is 3. The summed E-state index contributed by atoms with van der Waals surface area (Å²) in [6.07, 6.45) is 0.161. The molecule has 1 aromatic heterocycles. The number of nitrogens with one attached hydrogen (secondary N) is 1. The van der Waals surface area contributed by atoms with Crippen molar-refractivity contribution in [3.8, 4) is 0 Å². The van der Waals surface area contributed by atoms with Crippen LogP contribution in [0.15, 0.2) is 54.9 Å². The van der Waals surface area contributed by atoms with Gasteiger partial charge in [0, 0.05) is 18.9 Å². The van der Waals surface area contributed by atoms with Crippen molar-refractivity contribution in [2.75, 3.05) is 6.54 Å². The number of alkyl carbamates (subject to hydrolysis) is 1. The first kappa shape index (κ1) is 15.9. The third-order valence-corrected chi connectivity index (χ3v) is 3.08. The van der Waals surface area contributed by atoms with Crippen LogP contribution in [-0.2, 0) is 11.3 Å². The predicted molar refractivity (Wildman–Crippen MR) is 79.8 cm³/mol. The number of amides is 1. The molecule has 2 atom stereocenters. The average Bonchev–Trinajstić information content (AvgIpc) is 2.58. The van der Waals surface area contributed by atoms with Crippen molar-refractivity contribution >= 4 is 6.09 Å². The SMILES string of the molecule is O=C(NCC(O)C(O)c1ccncc1)OCc1ccccc1.